The Morgan fingerprint density at radius 2 is 1.66 bits per heavy atom. The monoisotopic (exact) mass is 558 g/mol. The number of imidazole rings is 1. The van der Waals surface area contributed by atoms with Crippen molar-refractivity contribution < 1.29 is 19.0 Å². The third-order valence-corrected chi connectivity index (χ3v) is 6.59. The molecule has 0 saturated heterocycles. The van der Waals surface area contributed by atoms with E-state index in [-0.39, 0.29) is 21.9 Å². The second-order valence-electron chi connectivity index (χ2n) is 10.5. The van der Waals surface area contributed by atoms with Crippen molar-refractivity contribution in [2.75, 3.05) is 27.9 Å². The van der Waals surface area contributed by atoms with E-state index in [1.165, 1.54) is 13.2 Å². The van der Waals surface area contributed by atoms with Crippen LogP contribution in [-0.4, -0.2) is 53.7 Å². The minimum atomic E-state index is -0.486. The number of hydrogen-bond acceptors (Lipinski definition) is 7. The molecule has 3 N–H and O–H groups in total. The number of aromatic nitrogens is 4. The predicted molar refractivity (Wildman–Crippen MR) is 156 cm³/mol. The van der Waals surface area contributed by atoms with E-state index in [2.05, 4.69) is 19.9 Å². The number of carbonyl (C=O) groups excluding carboxylic acids is 1. The van der Waals surface area contributed by atoms with Gasteiger partial charge in [0, 0.05) is 35.8 Å². The number of aromatic amines is 3. The van der Waals surface area contributed by atoms with Crippen LogP contribution in [0, 0.1) is 0 Å². The van der Waals surface area contributed by atoms with E-state index in [0.29, 0.717) is 46.9 Å². The molecule has 0 radical (unpaired) electrons. The van der Waals surface area contributed by atoms with Crippen molar-refractivity contribution in [3.63, 3.8) is 0 Å². The molecular weight excluding hydrogens is 524 g/mol. The molecule has 0 atom stereocenters. The fourth-order valence-corrected chi connectivity index (χ4v) is 4.59. The van der Waals surface area contributed by atoms with E-state index >= 15 is 0 Å². The number of methoxy groups -OCH3 is 3. The summed E-state index contributed by atoms with van der Waals surface area (Å²) in [7, 11) is 4.66. The van der Waals surface area contributed by atoms with Crippen molar-refractivity contribution >= 4 is 17.9 Å². The molecular formula is C31H34N4O6. The summed E-state index contributed by atoms with van der Waals surface area (Å²) in [5, 5.41) is 0.142. The highest BCUT2D eigenvalue weighted by Crippen LogP contribution is 2.34. The van der Waals surface area contributed by atoms with Gasteiger partial charge in [0.25, 0.3) is 11.1 Å². The number of benzene rings is 2. The first kappa shape index (κ1) is 29.3. The summed E-state index contributed by atoms with van der Waals surface area (Å²) < 4.78 is 16.3. The van der Waals surface area contributed by atoms with Gasteiger partial charge in [0.2, 0.25) is 0 Å². The quantitative estimate of drug-likeness (QED) is 0.268. The molecule has 0 aliphatic carbocycles. The minimum Gasteiger partial charge on any atom is -0.496 e. The molecule has 2 aromatic carbocycles. The average molecular weight is 559 g/mol. The Balaban J connectivity index is 1.73. The van der Waals surface area contributed by atoms with E-state index in [0.717, 1.165) is 11.3 Å². The van der Waals surface area contributed by atoms with Crippen LogP contribution in [0.25, 0.3) is 12.2 Å². The van der Waals surface area contributed by atoms with Crippen molar-refractivity contribution in [1.82, 2.24) is 19.9 Å². The molecule has 4 rings (SSSR count). The van der Waals surface area contributed by atoms with Crippen molar-refractivity contribution in [1.29, 1.82) is 0 Å². The Labute approximate surface area is 236 Å². The second-order valence-corrected chi connectivity index (χ2v) is 10.5. The maximum absolute atomic E-state index is 13.6. The maximum atomic E-state index is 13.6. The Kier molecular flexibility index (Phi) is 8.73. The summed E-state index contributed by atoms with van der Waals surface area (Å²) in [6.45, 7) is 6.49. The molecule has 4 aromatic rings. The molecule has 0 amide bonds. The zero-order valence-electron chi connectivity index (χ0n) is 24.0. The number of nitrogens with zero attached hydrogens (tertiary/aromatic N) is 1. The van der Waals surface area contributed by atoms with Gasteiger partial charge in [-0.15, -0.1) is 0 Å². The molecule has 2 aromatic heterocycles. The van der Waals surface area contributed by atoms with Crippen molar-refractivity contribution in [2.45, 2.75) is 32.6 Å². The van der Waals surface area contributed by atoms with Gasteiger partial charge in [-0.2, -0.15) is 0 Å². The zero-order valence-corrected chi connectivity index (χ0v) is 24.0. The highest BCUT2D eigenvalue weighted by molar-refractivity contribution is 6.11. The molecule has 2 heterocycles. The molecule has 0 unspecified atom stereocenters. The summed E-state index contributed by atoms with van der Waals surface area (Å²) in [4.78, 5) is 52.0. The van der Waals surface area contributed by atoms with Gasteiger partial charge in [-0.05, 0) is 35.9 Å². The first-order chi connectivity index (χ1) is 19.6. The molecule has 214 valence electrons. The number of carbonyl (C=O) groups is 1. The fourth-order valence-electron chi connectivity index (χ4n) is 4.59. The summed E-state index contributed by atoms with van der Waals surface area (Å²) in [6.07, 6.45) is 5.12. The van der Waals surface area contributed by atoms with Crippen LogP contribution in [0.1, 0.15) is 59.2 Å². The van der Waals surface area contributed by atoms with E-state index < -0.39 is 11.1 Å². The first-order valence-electron chi connectivity index (χ1n) is 13.0. The van der Waals surface area contributed by atoms with Crippen molar-refractivity contribution in [2.24, 2.45) is 0 Å². The van der Waals surface area contributed by atoms with Crippen LogP contribution in [0.3, 0.4) is 0 Å². The summed E-state index contributed by atoms with van der Waals surface area (Å²) in [5.41, 5.74) is 2.27. The van der Waals surface area contributed by atoms with Crippen LogP contribution < -0.4 is 31.3 Å². The molecule has 0 aliphatic heterocycles. The van der Waals surface area contributed by atoms with Gasteiger partial charge in [0.1, 0.15) is 22.2 Å². The third-order valence-electron chi connectivity index (χ3n) is 6.59. The summed E-state index contributed by atoms with van der Waals surface area (Å²) in [6, 6.07) is 10.2. The van der Waals surface area contributed by atoms with Crippen LogP contribution >= 0.6 is 0 Å². The minimum absolute atomic E-state index is 0.0544. The van der Waals surface area contributed by atoms with Gasteiger partial charge >= 0.3 is 0 Å². The van der Waals surface area contributed by atoms with E-state index in [4.69, 9.17) is 14.2 Å². The zero-order chi connectivity index (χ0) is 29.7. The number of ketones is 1. The lowest BCUT2D eigenvalue weighted by molar-refractivity contribution is 0.103. The van der Waals surface area contributed by atoms with Crippen molar-refractivity contribution in [3.8, 4) is 11.5 Å². The highest BCUT2D eigenvalue weighted by Gasteiger charge is 2.21. The lowest BCUT2D eigenvalue weighted by Crippen LogP contribution is -2.46. The van der Waals surface area contributed by atoms with Gasteiger partial charge < -0.3 is 29.2 Å². The molecule has 10 heteroatoms. The van der Waals surface area contributed by atoms with E-state index in [1.54, 1.807) is 63.0 Å². The van der Waals surface area contributed by atoms with Crippen molar-refractivity contribution in [3.05, 3.63) is 108 Å². The second kappa shape index (κ2) is 12.2. The maximum Gasteiger partial charge on any atom is 0.272 e. The predicted octanol–water partition coefficient (Wildman–Crippen LogP) is 2.18. The van der Waals surface area contributed by atoms with Gasteiger partial charge in [-0.1, -0.05) is 39.0 Å². The number of nitrogens with one attached hydrogen (secondary N) is 3. The van der Waals surface area contributed by atoms with Gasteiger partial charge in [-0.3, -0.25) is 14.4 Å². The Hall–Kier alpha value is -4.70. The normalized spacial score (nSPS) is 12.5. The fraction of sp³-hybridized carbons (Fsp3) is 0.290. The smallest absolute Gasteiger partial charge is 0.272 e. The SMILES string of the molecule is COCCc1c(OC)ccc(C(=O)c2cccc(/C=c3\[nH]c(=O)/c(=C/c4nc[nH]c4C(C)(C)C)[nH]c3=O)c2)c1OC. The average Bonchev–Trinajstić information content (AvgIpc) is 3.42. The number of ether oxygens (including phenoxy) is 3. The molecule has 0 aliphatic rings. The first-order valence-corrected chi connectivity index (χ1v) is 13.0. The molecule has 0 bridgehead atoms. The molecule has 0 saturated carbocycles. The molecule has 0 spiro atoms. The van der Waals surface area contributed by atoms with Crippen LogP contribution in [0.2, 0.25) is 0 Å². The Bertz CT molecular complexity index is 1810. The van der Waals surface area contributed by atoms with Gasteiger partial charge in [0.05, 0.1) is 38.4 Å². The third kappa shape index (κ3) is 6.38. The largest absolute Gasteiger partial charge is 0.496 e. The number of H-pyrrole nitrogens is 3. The Morgan fingerprint density at radius 3 is 2.29 bits per heavy atom. The highest BCUT2D eigenvalue weighted by atomic mass is 16.5. The molecule has 41 heavy (non-hydrogen) atoms. The lowest BCUT2D eigenvalue weighted by atomic mass is 9.90. The standard InChI is InChI=1S/C31H34N4O6/c1-31(2,3)28-22(32-17-33-28)16-24-30(38)34-23(29(37)35-24)15-18-8-7-9-19(14-18)26(36)21-10-11-25(40-5)20(12-13-39-4)27(21)41-6/h7-11,14-17H,12-13H2,1-6H3,(H,32,33)(H,34,38)(H,35,37)/b23-15-,24-16-. The van der Waals surface area contributed by atoms with Crippen LogP contribution in [-0.2, 0) is 16.6 Å². The van der Waals surface area contributed by atoms with E-state index in [1.807, 2.05) is 20.8 Å². The van der Waals surface area contributed by atoms with Crippen LogP contribution in [0.5, 0.6) is 11.5 Å². The van der Waals surface area contributed by atoms with Crippen LogP contribution in [0.4, 0.5) is 0 Å². The van der Waals surface area contributed by atoms with Gasteiger partial charge in [0.15, 0.2) is 5.78 Å². The van der Waals surface area contributed by atoms with Crippen LogP contribution in [0.15, 0.2) is 52.3 Å². The molecule has 10 nitrogen and oxygen atoms in total. The molecule has 0 fully saturated rings. The lowest BCUT2D eigenvalue weighted by Gasteiger charge is -2.16. The summed E-state index contributed by atoms with van der Waals surface area (Å²) in [5.74, 6) is 0.752. The topological polar surface area (TPSA) is 139 Å². The summed E-state index contributed by atoms with van der Waals surface area (Å²) >= 11 is 0. The van der Waals surface area contributed by atoms with Gasteiger partial charge in [-0.25, -0.2) is 4.98 Å². The number of hydrogen-bond donors (Lipinski definition) is 3. The van der Waals surface area contributed by atoms with E-state index in [9.17, 15) is 14.4 Å². The Morgan fingerprint density at radius 1 is 0.951 bits per heavy atom. The number of rotatable bonds is 9.